The van der Waals surface area contributed by atoms with Crippen LogP contribution in [-0.4, -0.2) is 47.8 Å². The molecule has 2 atom stereocenters. The van der Waals surface area contributed by atoms with Crippen LogP contribution in [0.15, 0.2) is 60.9 Å². The molecule has 0 radical (unpaired) electrons. The molecule has 28 heavy (non-hydrogen) atoms. The van der Waals surface area contributed by atoms with E-state index in [1.54, 1.807) is 6.33 Å². The molecule has 2 aromatic carbocycles. The zero-order chi connectivity index (χ0) is 19.6. The fourth-order valence-corrected chi connectivity index (χ4v) is 5.15. The summed E-state index contributed by atoms with van der Waals surface area (Å²) in [6.45, 7) is 4.21. The lowest BCUT2D eigenvalue weighted by Gasteiger charge is -2.24. The van der Waals surface area contributed by atoms with Crippen LogP contribution < -0.4 is 4.72 Å². The SMILES string of the molecule is C[C@@H](c1ccccc1)N1CC[C@H](NS(=O)(=O)CCn2cnc3ccccc32)C1. The minimum Gasteiger partial charge on any atom is -0.330 e. The van der Waals surface area contributed by atoms with Gasteiger partial charge in [-0.3, -0.25) is 4.90 Å². The first kappa shape index (κ1) is 19.1. The van der Waals surface area contributed by atoms with E-state index in [1.807, 2.05) is 47.0 Å². The molecule has 1 aromatic heterocycles. The number of nitrogens with zero attached hydrogens (tertiary/aromatic N) is 3. The second-order valence-electron chi connectivity index (χ2n) is 7.43. The van der Waals surface area contributed by atoms with Gasteiger partial charge in [-0.25, -0.2) is 18.1 Å². The molecule has 6 nitrogen and oxygen atoms in total. The van der Waals surface area contributed by atoms with Gasteiger partial charge in [0.15, 0.2) is 0 Å². The molecule has 1 saturated heterocycles. The Morgan fingerprint density at radius 2 is 1.89 bits per heavy atom. The van der Waals surface area contributed by atoms with Crippen LogP contribution in [0.25, 0.3) is 11.0 Å². The molecule has 0 bridgehead atoms. The quantitative estimate of drug-likeness (QED) is 0.665. The van der Waals surface area contributed by atoms with Crippen molar-refractivity contribution in [1.82, 2.24) is 19.2 Å². The van der Waals surface area contributed by atoms with E-state index in [2.05, 4.69) is 33.7 Å². The van der Waals surface area contributed by atoms with Crippen molar-refractivity contribution < 1.29 is 8.42 Å². The van der Waals surface area contributed by atoms with E-state index in [9.17, 15) is 8.42 Å². The number of benzene rings is 2. The number of para-hydroxylation sites is 2. The minimum atomic E-state index is -3.35. The summed E-state index contributed by atoms with van der Waals surface area (Å²) >= 11 is 0. The third kappa shape index (κ3) is 4.27. The number of sulfonamides is 1. The van der Waals surface area contributed by atoms with Gasteiger partial charge in [0.05, 0.1) is 23.1 Å². The van der Waals surface area contributed by atoms with Crippen LogP contribution in [0.2, 0.25) is 0 Å². The molecule has 0 saturated carbocycles. The fraction of sp³-hybridized carbons (Fsp3) is 0.381. The molecule has 0 amide bonds. The van der Waals surface area contributed by atoms with Crippen molar-refractivity contribution in [1.29, 1.82) is 0 Å². The predicted octanol–water partition coefficient (Wildman–Crippen LogP) is 2.79. The molecule has 1 aliphatic heterocycles. The average Bonchev–Trinajstić information content (AvgIpc) is 3.33. The lowest BCUT2D eigenvalue weighted by molar-refractivity contribution is 0.258. The Morgan fingerprint density at radius 1 is 1.14 bits per heavy atom. The monoisotopic (exact) mass is 398 g/mol. The number of imidazole rings is 1. The molecule has 0 aliphatic carbocycles. The maximum absolute atomic E-state index is 12.6. The summed E-state index contributed by atoms with van der Waals surface area (Å²) in [5.41, 5.74) is 3.11. The van der Waals surface area contributed by atoms with Crippen LogP contribution in [0.5, 0.6) is 0 Å². The lowest BCUT2D eigenvalue weighted by atomic mass is 10.1. The highest BCUT2D eigenvalue weighted by atomic mass is 32.2. The molecular formula is C21H26N4O2S. The van der Waals surface area contributed by atoms with Crippen LogP contribution >= 0.6 is 0 Å². The van der Waals surface area contributed by atoms with E-state index >= 15 is 0 Å². The van der Waals surface area contributed by atoms with Crippen LogP contribution in [0.3, 0.4) is 0 Å². The number of rotatable bonds is 7. The van der Waals surface area contributed by atoms with Crippen molar-refractivity contribution in [2.75, 3.05) is 18.8 Å². The summed E-state index contributed by atoms with van der Waals surface area (Å²) in [4.78, 5) is 6.66. The molecule has 1 aliphatic rings. The second kappa shape index (κ2) is 8.03. The average molecular weight is 399 g/mol. The third-order valence-corrected chi connectivity index (χ3v) is 6.94. The Kier molecular flexibility index (Phi) is 5.48. The van der Waals surface area contributed by atoms with Crippen LogP contribution in [-0.2, 0) is 16.6 Å². The molecule has 1 fully saturated rings. The molecule has 3 aromatic rings. The molecule has 0 unspecified atom stereocenters. The number of nitrogens with one attached hydrogen (secondary N) is 1. The Bertz CT molecular complexity index is 1030. The van der Waals surface area contributed by atoms with E-state index in [0.717, 1.165) is 30.5 Å². The van der Waals surface area contributed by atoms with Gasteiger partial charge in [0.25, 0.3) is 0 Å². The number of aryl methyl sites for hydroxylation is 1. The van der Waals surface area contributed by atoms with Crippen molar-refractivity contribution in [3.63, 3.8) is 0 Å². The van der Waals surface area contributed by atoms with Gasteiger partial charge < -0.3 is 4.57 Å². The zero-order valence-corrected chi connectivity index (χ0v) is 16.8. The summed E-state index contributed by atoms with van der Waals surface area (Å²) < 4.78 is 30.0. The Balaban J connectivity index is 1.33. The molecular weight excluding hydrogens is 372 g/mol. The third-order valence-electron chi connectivity index (χ3n) is 5.52. The van der Waals surface area contributed by atoms with E-state index in [0.29, 0.717) is 6.54 Å². The Labute approximate surface area is 166 Å². The van der Waals surface area contributed by atoms with Crippen LogP contribution in [0.4, 0.5) is 0 Å². The summed E-state index contributed by atoms with van der Waals surface area (Å²) in [6, 6.07) is 18.4. The van der Waals surface area contributed by atoms with Gasteiger partial charge in [-0.05, 0) is 31.0 Å². The van der Waals surface area contributed by atoms with Crippen LogP contribution in [0.1, 0.15) is 24.9 Å². The standard InChI is InChI=1S/C21H26N4O2S/c1-17(18-7-3-2-4-8-18)24-12-11-19(15-24)23-28(26,27)14-13-25-16-22-20-9-5-6-10-21(20)25/h2-10,16-17,19,23H,11-15H2,1H3/t17-,19-/m0/s1. The highest BCUT2D eigenvalue weighted by molar-refractivity contribution is 7.89. The topological polar surface area (TPSA) is 67.2 Å². The summed E-state index contributed by atoms with van der Waals surface area (Å²) in [5, 5.41) is 0. The number of fused-ring (bicyclic) bond motifs is 1. The van der Waals surface area contributed by atoms with Gasteiger partial charge in [-0.2, -0.15) is 0 Å². The molecule has 4 rings (SSSR count). The lowest BCUT2D eigenvalue weighted by Crippen LogP contribution is -2.39. The fourth-order valence-electron chi connectivity index (χ4n) is 3.90. The molecule has 148 valence electrons. The summed E-state index contributed by atoms with van der Waals surface area (Å²) in [5.74, 6) is 0.0537. The molecule has 7 heteroatoms. The van der Waals surface area contributed by atoms with Crippen molar-refractivity contribution >= 4 is 21.1 Å². The highest BCUT2D eigenvalue weighted by Gasteiger charge is 2.29. The minimum absolute atomic E-state index is 0.0318. The van der Waals surface area contributed by atoms with Gasteiger partial charge >= 0.3 is 0 Å². The predicted molar refractivity (Wildman–Crippen MR) is 111 cm³/mol. The van der Waals surface area contributed by atoms with E-state index in [-0.39, 0.29) is 17.8 Å². The Morgan fingerprint density at radius 3 is 2.71 bits per heavy atom. The van der Waals surface area contributed by atoms with Gasteiger partial charge in [-0.15, -0.1) is 0 Å². The molecule has 2 heterocycles. The van der Waals surface area contributed by atoms with E-state index in [4.69, 9.17) is 0 Å². The maximum Gasteiger partial charge on any atom is 0.213 e. The first-order chi connectivity index (χ1) is 13.5. The largest absolute Gasteiger partial charge is 0.330 e. The summed E-state index contributed by atoms with van der Waals surface area (Å²) in [6.07, 6.45) is 2.55. The van der Waals surface area contributed by atoms with E-state index < -0.39 is 10.0 Å². The molecule has 1 N–H and O–H groups in total. The maximum atomic E-state index is 12.6. The zero-order valence-electron chi connectivity index (χ0n) is 16.0. The van der Waals surface area contributed by atoms with E-state index in [1.165, 1.54) is 5.56 Å². The van der Waals surface area contributed by atoms with Gasteiger partial charge in [-0.1, -0.05) is 42.5 Å². The first-order valence-corrected chi connectivity index (χ1v) is 11.4. The normalized spacial score (nSPS) is 19.2. The van der Waals surface area contributed by atoms with Gasteiger partial charge in [0.2, 0.25) is 10.0 Å². The van der Waals surface area contributed by atoms with Crippen molar-refractivity contribution in [2.45, 2.75) is 32.0 Å². The Hall–Kier alpha value is -2.22. The smallest absolute Gasteiger partial charge is 0.213 e. The second-order valence-corrected chi connectivity index (χ2v) is 9.30. The van der Waals surface area contributed by atoms with Crippen molar-refractivity contribution in [2.24, 2.45) is 0 Å². The highest BCUT2D eigenvalue weighted by Crippen LogP contribution is 2.24. The number of aromatic nitrogens is 2. The van der Waals surface area contributed by atoms with Crippen molar-refractivity contribution in [3.8, 4) is 0 Å². The summed E-state index contributed by atoms with van der Waals surface area (Å²) in [7, 11) is -3.35. The first-order valence-electron chi connectivity index (χ1n) is 9.71. The number of likely N-dealkylation sites (tertiary alicyclic amines) is 1. The number of hydrogen-bond donors (Lipinski definition) is 1. The van der Waals surface area contributed by atoms with Gasteiger partial charge in [0, 0.05) is 31.7 Å². The van der Waals surface area contributed by atoms with Crippen LogP contribution in [0, 0.1) is 0 Å². The number of hydrogen-bond acceptors (Lipinski definition) is 4. The molecule has 0 spiro atoms. The van der Waals surface area contributed by atoms with Crippen molar-refractivity contribution in [3.05, 3.63) is 66.5 Å². The van der Waals surface area contributed by atoms with Gasteiger partial charge in [0.1, 0.15) is 0 Å².